The number of aromatic nitrogens is 2. The molecule has 1 aromatic heterocycles. The maximum absolute atomic E-state index is 14.3. The molecule has 2 aromatic carbocycles. The molecule has 0 bridgehead atoms. The van der Waals surface area contributed by atoms with Gasteiger partial charge in [0.05, 0.1) is 12.0 Å². The molecular formula is C22H21FN4O2. The van der Waals surface area contributed by atoms with E-state index >= 15 is 0 Å². The van der Waals surface area contributed by atoms with E-state index in [0.29, 0.717) is 29.8 Å². The Morgan fingerprint density at radius 3 is 2.66 bits per heavy atom. The summed E-state index contributed by atoms with van der Waals surface area (Å²) in [6.45, 7) is 0.928. The Labute approximate surface area is 168 Å². The number of hydrogen-bond donors (Lipinski definition) is 1. The molecule has 2 amide bonds. The summed E-state index contributed by atoms with van der Waals surface area (Å²) >= 11 is 0. The van der Waals surface area contributed by atoms with Crippen LogP contribution < -0.4 is 10.2 Å². The molecule has 7 heteroatoms. The van der Waals surface area contributed by atoms with Crippen molar-refractivity contribution in [3.63, 3.8) is 0 Å². The molecule has 0 saturated carbocycles. The van der Waals surface area contributed by atoms with Crippen LogP contribution in [-0.4, -0.2) is 27.9 Å². The highest BCUT2D eigenvalue weighted by Crippen LogP contribution is 2.21. The molecule has 1 N–H and O–H groups in total. The highest BCUT2D eigenvalue weighted by Gasteiger charge is 2.19. The minimum absolute atomic E-state index is 0.120. The Balaban J connectivity index is 1.38. The first-order valence-electron chi connectivity index (χ1n) is 9.57. The second-order valence-corrected chi connectivity index (χ2v) is 6.99. The maximum atomic E-state index is 14.3. The SMILES string of the molecule is O=C(NCc1ccc(-n2ccnc2)c(F)c1)c1ccc(N2CCCCC2=O)cc1. The van der Waals surface area contributed by atoms with Gasteiger partial charge in [0.25, 0.3) is 5.91 Å². The monoisotopic (exact) mass is 392 g/mol. The number of hydrogen-bond acceptors (Lipinski definition) is 3. The van der Waals surface area contributed by atoms with Gasteiger partial charge in [0.1, 0.15) is 5.82 Å². The topological polar surface area (TPSA) is 67.2 Å². The zero-order valence-electron chi connectivity index (χ0n) is 15.8. The van der Waals surface area contributed by atoms with E-state index in [-0.39, 0.29) is 24.2 Å². The van der Waals surface area contributed by atoms with Crippen molar-refractivity contribution in [1.82, 2.24) is 14.9 Å². The molecule has 1 fully saturated rings. The fraction of sp³-hybridized carbons (Fsp3) is 0.227. The summed E-state index contributed by atoms with van der Waals surface area (Å²) in [5.41, 5.74) is 2.37. The smallest absolute Gasteiger partial charge is 0.251 e. The van der Waals surface area contributed by atoms with Gasteiger partial charge >= 0.3 is 0 Å². The van der Waals surface area contributed by atoms with Crippen LogP contribution in [0.25, 0.3) is 5.69 Å². The lowest BCUT2D eigenvalue weighted by atomic mass is 10.1. The molecule has 1 saturated heterocycles. The van der Waals surface area contributed by atoms with Gasteiger partial charge in [-0.25, -0.2) is 9.37 Å². The van der Waals surface area contributed by atoms with Crippen LogP contribution >= 0.6 is 0 Å². The Bertz CT molecular complexity index is 1020. The number of rotatable bonds is 5. The number of piperidine rings is 1. The van der Waals surface area contributed by atoms with Crippen LogP contribution in [0.4, 0.5) is 10.1 Å². The van der Waals surface area contributed by atoms with Gasteiger partial charge in [0.15, 0.2) is 0 Å². The molecule has 0 atom stereocenters. The number of nitrogens with zero attached hydrogens (tertiary/aromatic N) is 3. The number of benzene rings is 2. The molecule has 0 unspecified atom stereocenters. The minimum atomic E-state index is -0.384. The van der Waals surface area contributed by atoms with Gasteiger partial charge < -0.3 is 14.8 Å². The van der Waals surface area contributed by atoms with Gasteiger partial charge in [-0.2, -0.15) is 0 Å². The zero-order valence-corrected chi connectivity index (χ0v) is 15.8. The number of nitrogens with one attached hydrogen (secondary N) is 1. The minimum Gasteiger partial charge on any atom is -0.348 e. The predicted molar refractivity (Wildman–Crippen MR) is 107 cm³/mol. The van der Waals surface area contributed by atoms with Crippen molar-refractivity contribution in [2.45, 2.75) is 25.8 Å². The van der Waals surface area contributed by atoms with Crippen LogP contribution in [0, 0.1) is 5.82 Å². The Morgan fingerprint density at radius 2 is 1.97 bits per heavy atom. The van der Waals surface area contributed by atoms with Gasteiger partial charge in [0.2, 0.25) is 5.91 Å². The van der Waals surface area contributed by atoms with Crippen LogP contribution in [0.3, 0.4) is 0 Å². The van der Waals surface area contributed by atoms with Crippen molar-refractivity contribution in [3.8, 4) is 5.69 Å². The molecule has 29 heavy (non-hydrogen) atoms. The molecule has 1 aliphatic rings. The largest absolute Gasteiger partial charge is 0.348 e. The molecule has 1 aliphatic heterocycles. The number of amides is 2. The lowest BCUT2D eigenvalue weighted by molar-refractivity contribution is -0.119. The average molecular weight is 392 g/mol. The van der Waals surface area contributed by atoms with E-state index in [1.807, 2.05) is 0 Å². The van der Waals surface area contributed by atoms with Crippen molar-refractivity contribution in [1.29, 1.82) is 0 Å². The van der Waals surface area contributed by atoms with Crippen molar-refractivity contribution in [3.05, 3.63) is 78.1 Å². The Hall–Kier alpha value is -3.48. The molecule has 0 aliphatic carbocycles. The van der Waals surface area contributed by atoms with Gasteiger partial charge in [-0.1, -0.05) is 6.07 Å². The van der Waals surface area contributed by atoms with Crippen molar-refractivity contribution in [2.24, 2.45) is 0 Å². The second-order valence-electron chi connectivity index (χ2n) is 6.99. The summed E-state index contributed by atoms with van der Waals surface area (Å²) in [7, 11) is 0. The van der Waals surface area contributed by atoms with Crippen molar-refractivity contribution >= 4 is 17.5 Å². The molecule has 148 valence electrons. The second kappa shape index (κ2) is 8.26. The van der Waals surface area contributed by atoms with Crippen LogP contribution in [-0.2, 0) is 11.3 Å². The van der Waals surface area contributed by atoms with Crippen LogP contribution in [0.5, 0.6) is 0 Å². The van der Waals surface area contributed by atoms with E-state index in [0.717, 1.165) is 18.5 Å². The number of anilines is 1. The molecular weight excluding hydrogens is 371 g/mol. The average Bonchev–Trinajstić information content (AvgIpc) is 3.27. The maximum Gasteiger partial charge on any atom is 0.251 e. The van der Waals surface area contributed by atoms with E-state index in [1.54, 1.807) is 58.3 Å². The van der Waals surface area contributed by atoms with E-state index in [1.165, 1.54) is 12.4 Å². The summed E-state index contributed by atoms with van der Waals surface area (Å²) in [6.07, 6.45) is 7.27. The first-order valence-corrected chi connectivity index (χ1v) is 9.57. The third-order valence-electron chi connectivity index (χ3n) is 5.01. The first kappa shape index (κ1) is 18.9. The standard InChI is InChI=1S/C22H21FN4O2/c23-19-13-16(4-9-20(19)26-12-10-24-15-26)14-25-22(29)17-5-7-18(8-6-17)27-11-2-1-3-21(27)28/h4-10,12-13,15H,1-3,11,14H2,(H,25,29). The highest BCUT2D eigenvalue weighted by atomic mass is 19.1. The van der Waals surface area contributed by atoms with Gasteiger partial charge in [0, 0.05) is 43.2 Å². The van der Waals surface area contributed by atoms with E-state index < -0.39 is 0 Å². The third kappa shape index (κ3) is 4.18. The summed E-state index contributed by atoms with van der Waals surface area (Å²) in [4.78, 5) is 30.1. The lowest BCUT2D eigenvalue weighted by Crippen LogP contribution is -2.35. The van der Waals surface area contributed by atoms with E-state index in [9.17, 15) is 14.0 Å². The fourth-order valence-electron chi connectivity index (χ4n) is 3.43. The number of carbonyl (C=O) groups is 2. The summed E-state index contributed by atoms with van der Waals surface area (Å²) in [5, 5.41) is 2.80. The predicted octanol–water partition coefficient (Wildman–Crippen LogP) is 3.46. The number of halogens is 1. The summed E-state index contributed by atoms with van der Waals surface area (Å²) in [6, 6.07) is 11.8. The zero-order chi connectivity index (χ0) is 20.2. The molecule has 0 spiro atoms. The van der Waals surface area contributed by atoms with Crippen molar-refractivity contribution < 1.29 is 14.0 Å². The highest BCUT2D eigenvalue weighted by molar-refractivity contribution is 5.96. The Morgan fingerprint density at radius 1 is 1.14 bits per heavy atom. The van der Waals surface area contributed by atoms with Gasteiger partial charge in [-0.15, -0.1) is 0 Å². The van der Waals surface area contributed by atoms with Crippen molar-refractivity contribution in [2.75, 3.05) is 11.4 Å². The third-order valence-corrected chi connectivity index (χ3v) is 5.01. The number of imidazole rings is 1. The van der Waals surface area contributed by atoms with Crippen LogP contribution in [0.2, 0.25) is 0 Å². The van der Waals surface area contributed by atoms with E-state index in [4.69, 9.17) is 0 Å². The van der Waals surface area contributed by atoms with Crippen LogP contribution in [0.1, 0.15) is 35.2 Å². The molecule has 4 rings (SSSR count). The van der Waals surface area contributed by atoms with Gasteiger partial charge in [-0.3, -0.25) is 9.59 Å². The lowest BCUT2D eigenvalue weighted by Gasteiger charge is -2.26. The quantitative estimate of drug-likeness (QED) is 0.723. The first-order chi connectivity index (χ1) is 14.1. The molecule has 3 aromatic rings. The fourth-order valence-corrected chi connectivity index (χ4v) is 3.43. The number of carbonyl (C=O) groups excluding carboxylic acids is 2. The molecule has 0 radical (unpaired) electrons. The molecule has 6 nitrogen and oxygen atoms in total. The van der Waals surface area contributed by atoms with Gasteiger partial charge in [-0.05, 0) is 54.8 Å². The summed E-state index contributed by atoms with van der Waals surface area (Å²) < 4.78 is 15.9. The normalized spacial score (nSPS) is 14.1. The van der Waals surface area contributed by atoms with Crippen LogP contribution in [0.15, 0.2) is 61.2 Å². The summed E-state index contributed by atoms with van der Waals surface area (Å²) in [5.74, 6) is -0.513. The Kier molecular flexibility index (Phi) is 5.37. The van der Waals surface area contributed by atoms with E-state index in [2.05, 4.69) is 10.3 Å². The molecule has 2 heterocycles.